The highest BCUT2D eigenvalue weighted by atomic mass is 32.2. The van der Waals surface area contributed by atoms with E-state index in [9.17, 15) is 30.7 Å². The molecule has 0 bridgehead atoms. The van der Waals surface area contributed by atoms with Crippen LogP contribution in [0.5, 0.6) is 0 Å². The van der Waals surface area contributed by atoms with Crippen LogP contribution >= 0.6 is 0 Å². The number of hydrogen-bond acceptors (Lipinski definition) is 15. The smallest absolute Gasteiger partial charge is 0.296 e. The summed E-state index contributed by atoms with van der Waals surface area (Å²) < 4.78 is 68.5. The molecule has 0 heterocycles. The number of carbonyl (C=O) groups excluding carboxylic acids is 1. The van der Waals surface area contributed by atoms with Crippen LogP contribution in [0, 0.1) is 0 Å². The van der Waals surface area contributed by atoms with E-state index in [4.69, 9.17) is 22.9 Å². The number of nitrogens with zero attached hydrogens (tertiary/aromatic N) is 5. The van der Waals surface area contributed by atoms with Crippen LogP contribution in [0.4, 0.5) is 51.2 Å². The van der Waals surface area contributed by atoms with E-state index in [-0.39, 0.29) is 45.3 Å². The van der Waals surface area contributed by atoms with Gasteiger partial charge >= 0.3 is 0 Å². The third-order valence-electron chi connectivity index (χ3n) is 6.47. The van der Waals surface area contributed by atoms with E-state index in [0.29, 0.717) is 17.1 Å². The molecule has 0 aromatic heterocycles. The first-order valence-electron chi connectivity index (χ1n) is 13.1. The summed E-state index contributed by atoms with van der Waals surface area (Å²) >= 11 is 0. The number of allylic oxidation sites excluding steroid dienone is 1. The number of azo groups is 2. The normalized spacial score (nSPS) is 14.5. The summed E-state index contributed by atoms with van der Waals surface area (Å²) in [4.78, 5) is 12.0. The fourth-order valence-corrected chi connectivity index (χ4v) is 5.53. The summed E-state index contributed by atoms with van der Waals surface area (Å²) in [6, 6.07) is 16.5. The SMILES string of the molecule is Nc1ccc(N=Nc2ccc3c(c2)C(=O)C(=NNc2ccc(N=Nc4ccc(N)cc4N)c(S(=O)(=O)O)c2)C(S(=O)(=O)O)=C3)c(N)c1. The molecule has 240 valence electrons. The van der Waals surface area contributed by atoms with E-state index >= 15 is 0 Å². The second-order valence-corrected chi connectivity index (χ2v) is 12.6. The number of benzene rings is 4. The number of Topliss-reactive ketones (excluding diaryl/α,β-unsaturated/α-hetero) is 1. The van der Waals surface area contributed by atoms with Crippen LogP contribution in [0.3, 0.4) is 0 Å². The second-order valence-electron chi connectivity index (χ2n) is 9.85. The lowest BCUT2D eigenvalue weighted by Crippen LogP contribution is -2.27. The summed E-state index contributed by atoms with van der Waals surface area (Å²) in [5.41, 5.74) is 26.4. The quantitative estimate of drug-likeness (QED) is 0.0562. The average Bonchev–Trinajstić information content (AvgIpc) is 2.99. The molecule has 17 nitrogen and oxygen atoms in total. The first kappa shape index (κ1) is 32.4. The van der Waals surface area contributed by atoms with Crippen molar-refractivity contribution in [2.75, 3.05) is 28.4 Å². The van der Waals surface area contributed by atoms with Gasteiger partial charge in [0.15, 0.2) is 5.71 Å². The number of anilines is 5. The van der Waals surface area contributed by atoms with Gasteiger partial charge in [-0.15, -0.1) is 15.3 Å². The molecule has 1 aliphatic carbocycles. The molecule has 0 fully saturated rings. The van der Waals surface area contributed by atoms with Gasteiger partial charge in [0, 0.05) is 16.9 Å². The highest BCUT2D eigenvalue weighted by Crippen LogP contribution is 2.33. The standard InChI is InChI=1S/C28H24N10O7S2/c29-15-2-6-22(20(31)10-15)35-33-17-4-1-14-9-26(47(43,44)45)27(28(39)19(14)12-17)38-34-18-5-8-24(25(13-18)46(40,41)42)37-36-23-7-3-16(30)11-21(23)32/h1-13,34H,29-32H2,(H,40,41,42)(H,43,44,45). The van der Waals surface area contributed by atoms with Crippen LogP contribution in [-0.2, 0) is 20.2 Å². The van der Waals surface area contributed by atoms with Gasteiger partial charge in [-0.1, -0.05) is 6.07 Å². The molecule has 1 aliphatic rings. The molecule has 0 aliphatic heterocycles. The predicted molar refractivity (Wildman–Crippen MR) is 176 cm³/mol. The molecule has 47 heavy (non-hydrogen) atoms. The number of rotatable bonds is 8. The number of nitrogens with one attached hydrogen (secondary N) is 1. The van der Waals surface area contributed by atoms with Crippen LogP contribution < -0.4 is 28.4 Å². The van der Waals surface area contributed by atoms with E-state index in [1.807, 2.05) is 0 Å². The monoisotopic (exact) mass is 676 g/mol. The molecule has 0 atom stereocenters. The van der Waals surface area contributed by atoms with Crippen molar-refractivity contribution < 1.29 is 30.7 Å². The van der Waals surface area contributed by atoms with Gasteiger partial charge in [0.2, 0.25) is 5.78 Å². The Hall–Kier alpha value is -6.02. The van der Waals surface area contributed by atoms with Gasteiger partial charge in [0.1, 0.15) is 26.9 Å². The molecule has 0 saturated carbocycles. The topological polar surface area (TPSA) is 304 Å². The maximum Gasteiger partial charge on any atom is 0.296 e. The van der Waals surface area contributed by atoms with Crippen LogP contribution in [0.25, 0.3) is 6.08 Å². The summed E-state index contributed by atoms with van der Waals surface area (Å²) in [6.07, 6.45) is 1.03. The lowest BCUT2D eigenvalue weighted by atomic mass is 9.94. The first-order chi connectivity index (χ1) is 22.1. The fourth-order valence-electron chi connectivity index (χ4n) is 4.22. The molecule has 11 N–H and O–H groups in total. The number of carbonyl (C=O) groups is 1. The Bertz CT molecular complexity index is 2300. The van der Waals surface area contributed by atoms with Gasteiger partial charge in [-0.3, -0.25) is 19.3 Å². The van der Waals surface area contributed by atoms with Gasteiger partial charge in [-0.05, 0) is 78.4 Å². The number of ketones is 1. The van der Waals surface area contributed by atoms with E-state index in [2.05, 4.69) is 31.0 Å². The highest BCUT2D eigenvalue weighted by Gasteiger charge is 2.33. The van der Waals surface area contributed by atoms with Crippen LogP contribution in [0.15, 0.2) is 108 Å². The van der Waals surface area contributed by atoms with Crippen molar-refractivity contribution in [3.63, 3.8) is 0 Å². The Morgan fingerprint density at radius 2 is 1.21 bits per heavy atom. The van der Waals surface area contributed by atoms with Gasteiger partial charge in [-0.25, -0.2) is 0 Å². The van der Waals surface area contributed by atoms with Crippen molar-refractivity contribution in [3.8, 4) is 0 Å². The minimum atomic E-state index is -4.98. The van der Waals surface area contributed by atoms with E-state index < -0.39 is 41.5 Å². The predicted octanol–water partition coefficient (Wildman–Crippen LogP) is 4.99. The average molecular weight is 677 g/mol. The lowest BCUT2D eigenvalue weighted by molar-refractivity contribution is 0.106. The first-order valence-corrected chi connectivity index (χ1v) is 16.0. The largest absolute Gasteiger partial charge is 0.399 e. The Kier molecular flexibility index (Phi) is 8.54. The van der Waals surface area contributed by atoms with Crippen LogP contribution in [-0.4, -0.2) is 37.4 Å². The van der Waals surface area contributed by atoms with E-state index in [0.717, 1.165) is 18.2 Å². The van der Waals surface area contributed by atoms with Crippen molar-refractivity contribution in [1.29, 1.82) is 0 Å². The molecule has 0 radical (unpaired) electrons. The molecule has 0 unspecified atom stereocenters. The van der Waals surface area contributed by atoms with E-state index in [1.165, 1.54) is 48.5 Å². The number of nitrogen functional groups attached to an aromatic ring is 4. The van der Waals surface area contributed by atoms with Gasteiger partial charge in [0.05, 0.1) is 22.7 Å². The maximum atomic E-state index is 13.5. The molecular weight excluding hydrogens is 653 g/mol. The Morgan fingerprint density at radius 3 is 1.79 bits per heavy atom. The van der Waals surface area contributed by atoms with Crippen molar-refractivity contribution in [2.24, 2.45) is 25.6 Å². The molecule has 19 heteroatoms. The number of hydrogen-bond donors (Lipinski definition) is 7. The van der Waals surface area contributed by atoms with Gasteiger partial charge < -0.3 is 22.9 Å². The van der Waals surface area contributed by atoms with Crippen molar-refractivity contribution in [3.05, 3.63) is 88.8 Å². The zero-order valence-corrected chi connectivity index (χ0v) is 25.4. The summed E-state index contributed by atoms with van der Waals surface area (Å²) in [5, 5.41) is 19.8. The summed E-state index contributed by atoms with van der Waals surface area (Å²) in [6.45, 7) is 0. The minimum Gasteiger partial charge on any atom is -0.399 e. The molecule has 0 amide bonds. The second kappa shape index (κ2) is 12.4. The van der Waals surface area contributed by atoms with Crippen LogP contribution in [0.2, 0.25) is 0 Å². The third-order valence-corrected chi connectivity index (χ3v) is 8.22. The van der Waals surface area contributed by atoms with E-state index in [1.54, 1.807) is 12.1 Å². The minimum absolute atomic E-state index is 0.0315. The zero-order chi connectivity index (χ0) is 34.1. The summed E-state index contributed by atoms with van der Waals surface area (Å²) in [5.74, 6) is -0.923. The lowest BCUT2D eigenvalue weighted by Gasteiger charge is -2.16. The highest BCUT2D eigenvalue weighted by molar-refractivity contribution is 7.91. The van der Waals surface area contributed by atoms with Crippen molar-refractivity contribution >= 4 is 89.0 Å². The number of fused-ring (bicyclic) bond motifs is 1. The molecular formula is C28H24N10O7S2. The number of nitrogens with two attached hydrogens (primary N) is 4. The fraction of sp³-hybridized carbons (Fsp3) is 0. The Balaban J connectivity index is 1.48. The molecule has 0 spiro atoms. The van der Waals surface area contributed by atoms with Crippen molar-refractivity contribution in [1.82, 2.24) is 0 Å². The zero-order valence-electron chi connectivity index (χ0n) is 23.8. The molecule has 4 aromatic carbocycles. The maximum absolute atomic E-state index is 13.5. The molecule has 4 aromatic rings. The Labute approximate surface area is 266 Å². The molecule has 0 saturated heterocycles. The van der Waals surface area contributed by atoms with Gasteiger partial charge in [-0.2, -0.15) is 27.1 Å². The van der Waals surface area contributed by atoms with Crippen molar-refractivity contribution in [2.45, 2.75) is 4.90 Å². The summed E-state index contributed by atoms with van der Waals surface area (Å²) in [7, 11) is -9.86. The van der Waals surface area contributed by atoms with Gasteiger partial charge in [0.25, 0.3) is 20.2 Å². The molecule has 5 rings (SSSR count). The van der Waals surface area contributed by atoms with Crippen LogP contribution in [0.1, 0.15) is 15.9 Å². The number of hydrazone groups is 1. The third kappa shape index (κ3) is 7.28. The Morgan fingerprint density at radius 1 is 0.638 bits per heavy atom.